The van der Waals surface area contributed by atoms with Crippen LogP contribution in [0.1, 0.15) is 16.1 Å². The molecule has 0 saturated heterocycles. The summed E-state index contributed by atoms with van der Waals surface area (Å²) in [6, 6.07) is 6.52. The Hall–Kier alpha value is -1.45. The van der Waals surface area contributed by atoms with Crippen LogP contribution in [0, 0.1) is 13.8 Å². The van der Waals surface area contributed by atoms with E-state index >= 15 is 0 Å². The van der Waals surface area contributed by atoms with Crippen molar-refractivity contribution in [3.63, 3.8) is 0 Å². The van der Waals surface area contributed by atoms with Crippen LogP contribution in [0.3, 0.4) is 0 Å². The van der Waals surface area contributed by atoms with E-state index in [2.05, 4.69) is 49.3 Å². The molecule has 0 radical (unpaired) electrons. The van der Waals surface area contributed by atoms with Gasteiger partial charge in [0, 0.05) is 30.5 Å². The van der Waals surface area contributed by atoms with Crippen molar-refractivity contribution in [3.8, 4) is 11.3 Å². The average Bonchev–Trinajstić information content (AvgIpc) is 2.87. The number of nitrogens with zero attached hydrogens (tertiary/aromatic N) is 1. The van der Waals surface area contributed by atoms with Gasteiger partial charge in [0.2, 0.25) is 0 Å². The number of hydrogen-bond donors (Lipinski definition) is 1. The zero-order valence-corrected chi connectivity index (χ0v) is 12.4. The summed E-state index contributed by atoms with van der Waals surface area (Å²) in [5.74, 6) is 0. The standard InChI is InChI=1S/C16H20N2S/c1-4-8-17-9-7-16-18-15(11-19-16)14-6-5-12(2)13(3)10-14/h4-6,10-11,17H,1,7-9H2,2-3H3. The van der Waals surface area contributed by atoms with E-state index in [1.807, 2.05) is 6.08 Å². The van der Waals surface area contributed by atoms with Crippen molar-refractivity contribution < 1.29 is 0 Å². The molecule has 0 spiro atoms. The fraction of sp³-hybridized carbons (Fsp3) is 0.312. The van der Waals surface area contributed by atoms with E-state index in [9.17, 15) is 0 Å². The third kappa shape index (κ3) is 3.75. The van der Waals surface area contributed by atoms with Crippen molar-refractivity contribution in [2.45, 2.75) is 20.3 Å². The van der Waals surface area contributed by atoms with E-state index < -0.39 is 0 Å². The monoisotopic (exact) mass is 272 g/mol. The molecule has 0 unspecified atom stereocenters. The number of aromatic nitrogens is 1. The molecule has 1 aromatic carbocycles. The van der Waals surface area contributed by atoms with E-state index in [4.69, 9.17) is 4.98 Å². The number of thiazole rings is 1. The summed E-state index contributed by atoms with van der Waals surface area (Å²) < 4.78 is 0. The van der Waals surface area contributed by atoms with Crippen LogP contribution in [-0.2, 0) is 6.42 Å². The molecule has 100 valence electrons. The minimum atomic E-state index is 0.857. The molecule has 1 heterocycles. The Morgan fingerprint density at radius 1 is 1.32 bits per heavy atom. The van der Waals surface area contributed by atoms with Crippen LogP contribution in [0.5, 0.6) is 0 Å². The molecule has 1 N–H and O–H groups in total. The van der Waals surface area contributed by atoms with E-state index in [1.54, 1.807) is 11.3 Å². The zero-order valence-electron chi connectivity index (χ0n) is 11.6. The number of nitrogens with one attached hydrogen (secondary N) is 1. The summed E-state index contributed by atoms with van der Waals surface area (Å²) >= 11 is 1.74. The lowest BCUT2D eigenvalue weighted by Crippen LogP contribution is -2.16. The lowest BCUT2D eigenvalue weighted by molar-refractivity contribution is 0.742. The SMILES string of the molecule is C=CCNCCc1nc(-c2ccc(C)c(C)c2)cs1. The fourth-order valence-electron chi connectivity index (χ4n) is 1.86. The maximum atomic E-state index is 4.70. The topological polar surface area (TPSA) is 24.9 Å². The van der Waals surface area contributed by atoms with Gasteiger partial charge in [0.05, 0.1) is 10.7 Å². The van der Waals surface area contributed by atoms with Crippen LogP contribution in [0.4, 0.5) is 0 Å². The molecule has 0 aliphatic carbocycles. The second kappa shape index (κ2) is 6.64. The Balaban J connectivity index is 2.03. The van der Waals surface area contributed by atoms with Crippen LogP contribution in [0.2, 0.25) is 0 Å². The predicted molar refractivity (Wildman–Crippen MR) is 83.8 cm³/mol. The minimum absolute atomic E-state index is 0.857. The van der Waals surface area contributed by atoms with Crippen molar-refractivity contribution in [1.29, 1.82) is 0 Å². The van der Waals surface area contributed by atoms with Crippen LogP contribution in [-0.4, -0.2) is 18.1 Å². The Kier molecular flexibility index (Phi) is 4.88. The molecule has 0 fully saturated rings. The molecule has 1 aromatic heterocycles. The number of rotatable bonds is 6. The fourth-order valence-corrected chi connectivity index (χ4v) is 2.67. The van der Waals surface area contributed by atoms with Gasteiger partial charge in [-0.2, -0.15) is 0 Å². The molecule has 2 aromatic rings. The lowest BCUT2D eigenvalue weighted by Gasteiger charge is -2.02. The summed E-state index contributed by atoms with van der Waals surface area (Å²) in [5, 5.41) is 6.63. The van der Waals surface area contributed by atoms with Gasteiger partial charge in [-0.25, -0.2) is 4.98 Å². The molecular weight excluding hydrogens is 252 g/mol. The third-order valence-electron chi connectivity index (χ3n) is 3.16. The molecule has 0 saturated carbocycles. The lowest BCUT2D eigenvalue weighted by atomic mass is 10.1. The van der Waals surface area contributed by atoms with Crippen molar-refractivity contribution >= 4 is 11.3 Å². The van der Waals surface area contributed by atoms with Gasteiger partial charge >= 0.3 is 0 Å². The van der Waals surface area contributed by atoms with Crippen LogP contribution in [0.25, 0.3) is 11.3 Å². The first-order chi connectivity index (χ1) is 9.20. The summed E-state index contributed by atoms with van der Waals surface area (Å²) in [4.78, 5) is 4.70. The third-order valence-corrected chi connectivity index (χ3v) is 4.07. The smallest absolute Gasteiger partial charge is 0.0945 e. The molecule has 3 heteroatoms. The first-order valence-corrected chi connectivity index (χ1v) is 7.42. The van der Waals surface area contributed by atoms with Crippen LogP contribution >= 0.6 is 11.3 Å². The first kappa shape index (κ1) is 14.0. The molecule has 0 amide bonds. The van der Waals surface area contributed by atoms with E-state index in [0.29, 0.717) is 0 Å². The van der Waals surface area contributed by atoms with E-state index in [0.717, 1.165) is 25.2 Å². The maximum Gasteiger partial charge on any atom is 0.0945 e. The molecule has 0 aliphatic rings. The van der Waals surface area contributed by atoms with Gasteiger partial charge in [-0.3, -0.25) is 0 Å². The summed E-state index contributed by atoms with van der Waals surface area (Å²) in [6.45, 7) is 9.78. The second-order valence-electron chi connectivity index (χ2n) is 4.67. The zero-order chi connectivity index (χ0) is 13.7. The highest BCUT2D eigenvalue weighted by atomic mass is 32.1. The first-order valence-electron chi connectivity index (χ1n) is 6.54. The second-order valence-corrected chi connectivity index (χ2v) is 5.61. The van der Waals surface area contributed by atoms with Gasteiger partial charge in [0.1, 0.15) is 0 Å². The predicted octanol–water partition coefficient (Wildman–Crippen LogP) is 3.75. The molecule has 19 heavy (non-hydrogen) atoms. The van der Waals surface area contributed by atoms with E-state index in [1.165, 1.54) is 21.7 Å². The minimum Gasteiger partial charge on any atom is -0.313 e. The Morgan fingerprint density at radius 2 is 2.16 bits per heavy atom. The quantitative estimate of drug-likeness (QED) is 0.640. The molecule has 0 bridgehead atoms. The van der Waals surface area contributed by atoms with Crippen LogP contribution < -0.4 is 5.32 Å². The molecule has 0 aliphatic heterocycles. The Bertz CT molecular complexity index is 558. The van der Waals surface area contributed by atoms with Gasteiger partial charge in [-0.05, 0) is 31.0 Å². The molecule has 2 nitrogen and oxygen atoms in total. The highest BCUT2D eigenvalue weighted by Gasteiger charge is 2.05. The van der Waals surface area contributed by atoms with Gasteiger partial charge in [0.25, 0.3) is 0 Å². The van der Waals surface area contributed by atoms with Crippen molar-refractivity contribution in [1.82, 2.24) is 10.3 Å². The normalized spacial score (nSPS) is 10.6. The summed E-state index contributed by atoms with van der Waals surface area (Å²) in [6.07, 6.45) is 2.85. The summed E-state index contributed by atoms with van der Waals surface area (Å²) in [7, 11) is 0. The Labute approximate surface area is 119 Å². The van der Waals surface area contributed by atoms with Gasteiger partial charge in [-0.1, -0.05) is 18.2 Å². The highest BCUT2D eigenvalue weighted by Crippen LogP contribution is 2.24. The maximum absolute atomic E-state index is 4.70. The number of hydrogen-bond acceptors (Lipinski definition) is 3. The Morgan fingerprint density at radius 3 is 2.89 bits per heavy atom. The number of aryl methyl sites for hydroxylation is 2. The van der Waals surface area contributed by atoms with Crippen LogP contribution in [0.15, 0.2) is 36.2 Å². The van der Waals surface area contributed by atoms with Crippen molar-refractivity contribution in [3.05, 3.63) is 52.4 Å². The van der Waals surface area contributed by atoms with E-state index in [-0.39, 0.29) is 0 Å². The summed E-state index contributed by atoms with van der Waals surface area (Å²) in [5.41, 5.74) is 4.95. The van der Waals surface area contributed by atoms with Crippen molar-refractivity contribution in [2.75, 3.05) is 13.1 Å². The van der Waals surface area contributed by atoms with Gasteiger partial charge in [-0.15, -0.1) is 17.9 Å². The molecule has 0 atom stereocenters. The highest BCUT2D eigenvalue weighted by molar-refractivity contribution is 7.09. The average molecular weight is 272 g/mol. The van der Waals surface area contributed by atoms with Crippen molar-refractivity contribution in [2.24, 2.45) is 0 Å². The van der Waals surface area contributed by atoms with Gasteiger partial charge in [0.15, 0.2) is 0 Å². The largest absolute Gasteiger partial charge is 0.313 e. The van der Waals surface area contributed by atoms with Gasteiger partial charge < -0.3 is 5.32 Å². The molecule has 2 rings (SSSR count). The number of benzene rings is 1. The molecular formula is C16H20N2S.